The predicted molar refractivity (Wildman–Crippen MR) is 62.0 cm³/mol. The van der Waals surface area contributed by atoms with E-state index in [2.05, 4.69) is 6.92 Å². The van der Waals surface area contributed by atoms with Gasteiger partial charge in [0.1, 0.15) is 0 Å². The van der Waals surface area contributed by atoms with Gasteiger partial charge in [-0.1, -0.05) is 51.9 Å². The summed E-state index contributed by atoms with van der Waals surface area (Å²) in [6.07, 6.45) is 10.1. The minimum absolute atomic E-state index is 0. The zero-order chi connectivity index (χ0) is 9.94. The van der Waals surface area contributed by atoms with E-state index in [4.69, 9.17) is 5.11 Å². The molecule has 0 unspecified atom stereocenters. The molecular formula is C11H23O2Sn. The van der Waals surface area contributed by atoms with E-state index >= 15 is 0 Å². The summed E-state index contributed by atoms with van der Waals surface area (Å²) in [7, 11) is 0. The number of aliphatic carboxylic acids is 1. The fraction of sp³-hybridized carbons (Fsp3) is 0.909. The fourth-order valence-corrected chi connectivity index (χ4v) is 1.41. The van der Waals surface area contributed by atoms with Crippen LogP contribution in [0.1, 0.15) is 64.7 Å². The van der Waals surface area contributed by atoms with Crippen molar-refractivity contribution in [2.24, 2.45) is 0 Å². The van der Waals surface area contributed by atoms with Crippen LogP contribution in [0.15, 0.2) is 0 Å². The van der Waals surface area contributed by atoms with Crippen molar-refractivity contribution in [1.82, 2.24) is 0 Å². The van der Waals surface area contributed by atoms with E-state index in [-0.39, 0.29) is 23.9 Å². The Kier molecular flexibility index (Phi) is 15.8. The van der Waals surface area contributed by atoms with Crippen LogP contribution in [0.2, 0.25) is 0 Å². The number of carbonyl (C=O) groups is 1. The van der Waals surface area contributed by atoms with Gasteiger partial charge in [-0.3, -0.25) is 4.79 Å². The second-order valence-corrected chi connectivity index (χ2v) is 3.62. The molecule has 3 radical (unpaired) electrons. The van der Waals surface area contributed by atoms with Gasteiger partial charge in [-0.2, -0.15) is 0 Å². The van der Waals surface area contributed by atoms with Crippen molar-refractivity contribution in [3.8, 4) is 0 Å². The van der Waals surface area contributed by atoms with E-state index in [1.54, 1.807) is 0 Å². The van der Waals surface area contributed by atoms with Crippen LogP contribution < -0.4 is 0 Å². The Hall–Kier alpha value is 0.269. The third-order valence-corrected chi connectivity index (χ3v) is 2.24. The van der Waals surface area contributed by atoms with Gasteiger partial charge in [-0.25, -0.2) is 0 Å². The topological polar surface area (TPSA) is 37.3 Å². The van der Waals surface area contributed by atoms with E-state index in [1.165, 1.54) is 38.5 Å². The average Bonchev–Trinajstić information content (AvgIpc) is 2.09. The van der Waals surface area contributed by atoms with Crippen LogP contribution >= 0.6 is 0 Å². The van der Waals surface area contributed by atoms with Gasteiger partial charge in [-0.05, 0) is 6.42 Å². The molecule has 14 heavy (non-hydrogen) atoms. The standard InChI is InChI=1S/C11H22O2.Sn.H/c1-2-3-4-5-6-7-8-9-10-11(12)13;;/h2-10H2,1H3,(H,12,13);;. The van der Waals surface area contributed by atoms with Gasteiger partial charge < -0.3 is 5.11 Å². The van der Waals surface area contributed by atoms with Crippen molar-refractivity contribution < 1.29 is 9.90 Å². The summed E-state index contributed by atoms with van der Waals surface area (Å²) in [5.74, 6) is -0.661. The van der Waals surface area contributed by atoms with Crippen molar-refractivity contribution in [3.63, 3.8) is 0 Å². The molecule has 0 aliphatic rings. The molecule has 0 aromatic heterocycles. The molecule has 0 spiro atoms. The van der Waals surface area contributed by atoms with E-state index < -0.39 is 5.97 Å². The second-order valence-electron chi connectivity index (χ2n) is 3.62. The van der Waals surface area contributed by atoms with Crippen LogP contribution in [-0.2, 0) is 4.79 Å². The van der Waals surface area contributed by atoms with Gasteiger partial charge >= 0.3 is 29.9 Å². The van der Waals surface area contributed by atoms with E-state index in [0.29, 0.717) is 6.42 Å². The molecule has 0 aromatic carbocycles. The van der Waals surface area contributed by atoms with Crippen LogP contribution in [0.25, 0.3) is 0 Å². The van der Waals surface area contributed by atoms with Crippen molar-refractivity contribution in [2.75, 3.05) is 0 Å². The summed E-state index contributed by atoms with van der Waals surface area (Å²) in [4.78, 5) is 10.2. The van der Waals surface area contributed by atoms with Crippen molar-refractivity contribution in [3.05, 3.63) is 0 Å². The summed E-state index contributed by atoms with van der Waals surface area (Å²) in [6.45, 7) is 2.22. The van der Waals surface area contributed by atoms with Crippen molar-refractivity contribution >= 4 is 29.9 Å². The van der Waals surface area contributed by atoms with Crippen LogP contribution in [0.4, 0.5) is 0 Å². The second kappa shape index (κ2) is 13.3. The molecule has 0 aromatic rings. The zero-order valence-electron chi connectivity index (χ0n) is 9.30. The quantitative estimate of drug-likeness (QED) is 0.525. The van der Waals surface area contributed by atoms with Crippen LogP contribution in [0, 0.1) is 0 Å². The molecular weight excluding hydrogens is 283 g/mol. The first-order chi connectivity index (χ1) is 6.27. The van der Waals surface area contributed by atoms with E-state index in [1.807, 2.05) is 0 Å². The molecule has 0 rings (SSSR count). The summed E-state index contributed by atoms with van der Waals surface area (Å²) in [5.41, 5.74) is 0. The van der Waals surface area contributed by atoms with Gasteiger partial charge in [0, 0.05) is 6.42 Å². The van der Waals surface area contributed by atoms with E-state index in [9.17, 15) is 4.79 Å². The third-order valence-electron chi connectivity index (χ3n) is 2.24. The Balaban J connectivity index is 0. The summed E-state index contributed by atoms with van der Waals surface area (Å²) < 4.78 is 0. The number of unbranched alkanes of at least 4 members (excludes halogenated alkanes) is 7. The average molecular weight is 306 g/mol. The number of carboxylic acid groups (broad SMARTS) is 1. The molecule has 2 nitrogen and oxygen atoms in total. The SMILES string of the molecule is CCCCCCCCCCC(=O)O.[SnH]. The first kappa shape index (κ1) is 16.7. The molecule has 0 aliphatic carbocycles. The number of hydrogen-bond acceptors (Lipinski definition) is 1. The first-order valence-electron chi connectivity index (χ1n) is 5.49. The normalized spacial score (nSPS) is 9.50. The predicted octanol–water partition coefficient (Wildman–Crippen LogP) is 2.95. The van der Waals surface area contributed by atoms with Crippen molar-refractivity contribution in [1.29, 1.82) is 0 Å². The Bertz CT molecular complexity index is 126. The Labute approximate surface area is 104 Å². The maximum atomic E-state index is 10.2. The van der Waals surface area contributed by atoms with Crippen molar-refractivity contribution in [2.45, 2.75) is 64.7 Å². The van der Waals surface area contributed by atoms with Gasteiger partial charge in [0.2, 0.25) is 0 Å². The minimum atomic E-state index is -0.661. The molecule has 0 aliphatic heterocycles. The van der Waals surface area contributed by atoms with E-state index in [0.717, 1.165) is 12.8 Å². The molecule has 0 amide bonds. The monoisotopic (exact) mass is 307 g/mol. The number of hydrogen-bond donors (Lipinski definition) is 1. The molecule has 0 saturated carbocycles. The maximum absolute atomic E-state index is 10.2. The first-order valence-corrected chi connectivity index (χ1v) is 5.49. The molecule has 0 fully saturated rings. The van der Waals surface area contributed by atoms with Crippen LogP contribution in [0.3, 0.4) is 0 Å². The molecule has 83 valence electrons. The molecule has 1 N–H and O–H groups in total. The zero-order valence-corrected chi connectivity index (χ0v) is 12.6. The van der Waals surface area contributed by atoms with Gasteiger partial charge in [0.25, 0.3) is 0 Å². The summed E-state index contributed by atoms with van der Waals surface area (Å²) >= 11 is 0. The fourth-order valence-electron chi connectivity index (χ4n) is 1.41. The molecule has 0 heterocycles. The van der Waals surface area contributed by atoms with Crippen LogP contribution in [0.5, 0.6) is 0 Å². The van der Waals surface area contributed by atoms with Gasteiger partial charge in [0.15, 0.2) is 0 Å². The van der Waals surface area contributed by atoms with Gasteiger partial charge in [-0.15, -0.1) is 0 Å². The number of carboxylic acids is 1. The molecule has 0 atom stereocenters. The van der Waals surface area contributed by atoms with Gasteiger partial charge in [0.05, 0.1) is 0 Å². The number of rotatable bonds is 9. The molecule has 3 heteroatoms. The summed E-state index contributed by atoms with van der Waals surface area (Å²) in [5, 5.41) is 8.39. The Morgan fingerprint density at radius 3 is 1.79 bits per heavy atom. The summed E-state index contributed by atoms with van der Waals surface area (Å²) in [6, 6.07) is 0. The Morgan fingerprint density at radius 1 is 0.929 bits per heavy atom. The third kappa shape index (κ3) is 14.8. The van der Waals surface area contributed by atoms with Crippen LogP contribution in [-0.4, -0.2) is 35.0 Å². The Morgan fingerprint density at radius 2 is 1.36 bits per heavy atom. The molecule has 0 bridgehead atoms. The molecule has 0 saturated heterocycles.